The van der Waals surface area contributed by atoms with Gasteiger partial charge in [-0.2, -0.15) is 0 Å². The van der Waals surface area contributed by atoms with Gasteiger partial charge in [0.05, 0.1) is 16.7 Å². The highest BCUT2D eigenvalue weighted by molar-refractivity contribution is 7.89. The number of carboxylic acid groups (broad SMARTS) is 1. The number of sulfonamides is 1. The largest absolute Gasteiger partial charge is 0.478 e. The highest BCUT2D eigenvalue weighted by Crippen LogP contribution is 2.25. The number of benzene rings is 1. The molecule has 7 nitrogen and oxygen atoms in total. The minimum atomic E-state index is -4.03. The topological polar surface area (TPSA) is 137 Å². The standard InChI is InChI=1S/C12H12N2O5S/c13-11-7(4-8-2-1-3-19-8)5-9(20(14,17)18)6-10(11)12(15)16/h1-3,5-6H,4,13H2,(H,15,16)(H2,14,17,18). The van der Waals surface area contributed by atoms with Crippen molar-refractivity contribution in [3.05, 3.63) is 47.4 Å². The summed E-state index contributed by atoms with van der Waals surface area (Å²) in [5, 5.41) is 14.1. The van der Waals surface area contributed by atoms with Crippen LogP contribution in [-0.4, -0.2) is 19.5 Å². The zero-order chi connectivity index (χ0) is 14.9. The lowest BCUT2D eigenvalue weighted by atomic mass is 10.0. The monoisotopic (exact) mass is 296 g/mol. The Bertz CT molecular complexity index is 750. The zero-order valence-electron chi connectivity index (χ0n) is 10.2. The molecule has 5 N–H and O–H groups in total. The van der Waals surface area contributed by atoms with Gasteiger partial charge in [-0.25, -0.2) is 18.4 Å². The van der Waals surface area contributed by atoms with Gasteiger partial charge in [0.2, 0.25) is 10.0 Å². The second-order valence-corrected chi connectivity index (χ2v) is 5.71. The lowest BCUT2D eigenvalue weighted by molar-refractivity contribution is 0.0697. The van der Waals surface area contributed by atoms with Crippen molar-refractivity contribution < 1.29 is 22.7 Å². The van der Waals surface area contributed by atoms with E-state index in [2.05, 4.69) is 0 Å². The van der Waals surface area contributed by atoms with Crippen molar-refractivity contribution in [3.8, 4) is 0 Å². The van der Waals surface area contributed by atoms with Crippen molar-refractivity contribution in [1.82, 2.24) is 0 Å². The minimum absolute atomic E-state index is 0.0127. The Morgan fingerprint density at radius 3 is 2.55 bits per heavy atom. The minimum Gasteiger partial charge on any atom is -0.478 e. The van der Waals surface area contributed by atoms with Crippen LogP contribution in [0.25, 0.3) is 0 Å². The second-order valence-electron chi connectivity index (χ2n) is 4.15. The molecule has 0 saturated heterocycles. The first-order chi connectivity index (χ1) is 9.29. The summed E-state index contributed by atoms with van der Waals surface area (Å²) in [5.74, 6) is -0.798. The van der Waals surface area contributed by atoms with Crippen LogP contribution < -0.4 is 10.9 Å². The first-order valence-corrected chi connectivity index (χ1v) is 7.04. The van der Waals surface area contributed by atoms with Crippen LogP contribution in [0.3, 0.4) is 0 Å². The van der Waals surface area contributed by atoms with Gasteiger partial charge >= 0.3 is 5.97 Å². The summed E-state index contributed by atoms with van der Waals surface area (Å²) in [7, 11) is -4.03. The zero-order valence-corrected chi connectivity index (χ0v) is 11.1. The van der Waals surface area contributed by atoms with E-state index < -0.39 is 16.0 Å². The van der Waals surface area contributed by atoms with E-state index in [1.54, 1.807) is 12.1 Å². The summed E-state index contributed by atoms with van der Waals surface area (Å²) in [6.45, 7) is 0. The molecule has 0 radical (unpaired) electrons. The predicted molar refractivity (Wildman–Crippen MR) is 70.7 cm³/mol. The molecular weight excluding hydrogens is 284 g/mol. The Labute approximate surface area is 114 Å². The number of nitrogen functional groups attached to an aromatic ring is 1. The van der Waals surface area contributed by atoms with E-state index in [-0.39, 0.29) is 22.6 Å². The molecule has 0 aliphatic heterocycles. The number of hydrogen-bond acceptors (Lipinski definition) is 5. The molecule has 1 aromatic carbocycles. The third-order valence-corrected chi connectivity index (χ3v) is 3.64. The quantitative estimate of drug-likeness (QED) is 0.714. The summed E-state index contributed by atoms with van der Waals surface area (Å²) in [5.41, 5.74) is 5.76. The predicted octanol–water partition coefficient (Wildman–Crippen LogP) is 0.798. The molecule has 1 aromatic heterocycles. The van der Waals surface area contributed by atoms with Gasteiger partial charge in [-0.1, -0.05) is 0 Å². The summed E-state index contributed by atoms with van der Waals surface area (Å²) in [4.78, 5) is 10.8. The van der Waals surface area contributed by atoms with Crippen molar-refractivity contribution in [2.24, 2.45) is 5.14 Å². The number of carboxylic acids is 1. The van der Waals surface area contributed by atoms with Gasteiger partial charge in [-0.3, -0.25) is 0 Å². The number of nitrogens with two attached hydrogens (primary N) is 2. The Morgan fingerprint density at radius 2 is 2.05 bits per heavy atom. The van der Waals surface area contributed by atoms with E-state index >= 15 is 0 Å². The normalized spacial score (nSPS) is 11.4. The van der Waals surface area contributed by atoms with Crippen LogP contribution in [0, 0.1) is 0 Å². The molecule has 0 amide bonds. The summed E-state index contributed by atoms with van der Waals surface area (Å²) < 4.78 is 27.9. The Balaban J connectivity index is 2.60. The van der Waals surface area contributed by atoms with Crippen molar-refractivity contribution in [1.29, 1.82) is 0 Å². The molecule has 0 bridgehead atoms. The van der Waals surface area contributed by atoms with Crippen LogP contribution >= 0.6 is 0 Å². The maximum absolute atomic E-state index is 11.4. The summed E-state index contributed by atoms with van der Waals surface area (Å²) >= 11 is 0. The fourth-order valence-electron chi connectivity index (χ4n) is 1.77. The Kier molecular flexibility index (Phi) is 3.51. The van der Waals surface area contributed by atoms with Gasteiger partial charge in [-0.05, 0) is 29.8 Å². The number of carbonyl (C=O) groups is 1. The molecule has 106 valence electrons. The molecule has 8 heteroatoms. The van der Waals surface area contributed by atoms with Crippen molar-refractivity contribution >= 4 is 21.7 Å². The Hall–Kier alpha value is -2.32. The fourth-order valence-corrected chi connectivity index (χ4v) is 2.36. The van der Waals surface area contributed by atoms with Crippen LogP contribution in [-0.2, 0) is 16.4 Å². The number of rotatable bonds is 4. The van der Waals surface area contributed by atoms with Gasteiger partial charge in [0.25, 0.3) is 0 Å². The van der Waals surface area contributed by atoms with Crippen LogP contribution in [0.5, 0.6) is 0 Å². The number of hydrogen-bond donors (Lipinski definition) is 3. The van der Waals surface area contributed by atoms with E-state index in [9.17, 15) is 13.2 Å². The summed E-state index contributed by atoms with van der Waals surface area (Å²) in [6, 6.07) is 5.52. The lowest BCUT2D eigenvalue weighted by Gasteiger charge is -2.10. The van der Waals surface area contributed by atoms with Gasteiger partial charge in [0.15, 0.2) is 0 Å². The third kappa shape index (κ3) is 2.81. The first-order valence-electron chi connectivity index (χ1n) is 5.50. The highest BCUT2D eigenvalue weighted by atomic mass is 32.2. The van der Waals surface area contributed by atoms with Crippen molar-refractivity contribution in [2.75, 3.05) is 5.73 Å². The van der Waals surface area contributed by atoms with Gasteiger partial charge in [0, 0.05) is 12.1 Å². The molecule has 0 aliphatic rings. The van der Waals surface area contributed by atoms with Gasteiger partial charge in [-0.15, -0.1) is 0 Å². The van der Waals surface area contributed by atoms with E-state index in [0.29, 0.717) is 11.3 Å². The van der Waals surface area contributed by atoms with E-state index in [4.69, 9.17) is 20.4 Å². The molecule has 0 unspecified atom stereocenters. The van der Waals surface area contributed by atoms with E-state index in [0.717, 1.165) is 6.07 Å². The van der Waals surface area contributed by atoms with E-state index in [1.165, 1.54) is 12.3 Å². The average Bonchev–Trinajstić information content (AvgIpc) is 2.82. The third-order valence-electron chi connectivity index (χ3n) is 2.74. The molecule has 0 saturated carbocycles. The summed E-state index contributed by atoms with van der Waals surface area (Å²) in [6.07, 6.45) is 1.62. The van der Waals surface area contributed by atoms with Crippen molar-refractivity contribution in [3.63, 3.8) is 0 Å². The van der Waals surface area contributed by atoms with Crippen LogP contribution in [0.2, 0.25) is 0 Å². The molecular formula is C12H12N2O5S. The highest BCUT2D eigenvalue weighted by Gasteiger charge is 2.19. The molecule has 0 spiro atoms. The smallest absolute Gasteiger partial charge is 0.337 e. The number of furan rings is 1. The number of primary sulfonamides is 1. The molecule has 0 atom stereocenters. The molecule has 0 fully saturated rings. The van der Waals surface area contributed by atoms with Gasteiger partial charge < -0.3 is 15.3 Å². The first kappa shape index (κ1) is 14.1. The second kappa shape index (κ2) is 4.99. The average molecular weight is 296 g/mol. The number of aromatic carboxylic acids is 1. The SMILES string of the molecule is Nc1c(Cc2ccco2)cc(S(N)(=O)=O)cc1C(=O)O. The lowest BCUT2D eigenvalue weighted by Crippen LogP contribution is -2.15. The van der Waals surface area contributed by atoms with Gasteiger partial charge in [0.1, 0.15) is 5.76 Å². The fraction of sp³-hybridized carbons (Fsp3) is 0.0833. The van der Waals surface area contributed by atoms with Crippen molar-refractivity contribution in [2.45, 2.75) is 11.3 Å². The number of anilines is 1. The molecule has 2 rings (SSSR count). The molecule has 20 heavy (non-hydrogen) atoms. The molecule has 0 aliphatic carbocycles. The van der Waals surface area contributed by atoms with E-state index in [1.807, 2.05) is 0 Å². The molecule has 2 aromatic rings. The van der Waals surface area contributed by atoms with Crippen LogP contribution in [0.1, 0.15) is 21.7 Å². The Morgan fingerprint density at radius 1 is 1.35 bits per heavy atom. The maximum atomic E-state index is 11.4. The van der Waals surface area contributed by atoms with Crippen LogP contribution in [0.15, 0.2) is 39.8 Å². The molecule has 1 heterocycles. The maximum Gasteiger partial charge on any atom is 0.337 e. The van der Waals surface area contributed by atoms with Crippen LogP contribution in [0.4, 0.5) is 5.69 Å².